The average molecular weight is 247 g/mol. The molecule has 1 aliphatic carbocycles. The number of nitrogens with zero attached hydrogens (tertiary/aromatic N) is 1. The number of fused-ring (bicyclic) bond motifs is 1. The molecule has 0 spiro atoms. The van der Waals surface area contributed by atoms with Gasteiger partial charge in [-0.2, -0.15) is 0 Å². The highest BCUT2D eigenvalue weighted by molar-refractivity contribution is 5.21. The fourth-order valence-electron chi connectivity index (χ4n) is 2.27. The SMILES string of the molecule is OC1CCc2oc(Cc3ccc(F)cc3)nc2C1. The number of aromatic nitrogens is 1. The Morgan fingerprint density at radius 2 is 2.11 bits per heavy atom. The topological polar surface area (TPSA) is 46.3 Å². The summed E-state index contributed by atoms with van der Waals surface area (Å²) in [6.45, 7) is 0. The summed E-state index contributed by atoms with van der Waals surface area (Å²) in [5, 5.41) is 9.56. The number of benzene rings is 1. The van der Waals surface area contributed by atoms with E-state index in [0.717, 1.165) is 29.9 Å². The Hall–Kier alpha value is -1.68. The molecule has 3 rings (SSSR count). The average Bonchev–Trinajstić information content (AvgIpc) is 2.73. The number of aliphatic hydroxyl groups excluding tert-OH is 1. The van der Waals surface area contributed by atoms with Crippen LogP contribution in [0.5, 0.6) is 0 Å². The molecule has 1 unspecified atom stereocenters. The van der Waals surface area contributed by atoms with Crippen LogP contribution in [0.25, 0.3) is 0 Å². The second kappa shape index (κ2) is 4.53. The van der Waals surface area contributed by atoms with Gasteiger partial charge in [-0.05, 0) is 24.1 Å². The zero-order valence-electron chi connectivity index (χ0n) is 9.90. The van der Waals surface area contributed by atoms with Crippen LogP contribution in [0.2, 0.25) is 0 Å². The molecule has 0 amide bonds. The van der Waals surface area contributed by atoms with Gasteiger partial charge in [0.15, 0.2) is 5.89 Å². The van der Waals surface area contributed by atoms with Crippen LogP contribution in [-0.2, 0) is 19.3 Å². The standard InChI is InChI=1S/C14H14FNO2/c15-10-3-1-9(2-4-10)7-14-16-12-8-11(17)5-6-13(12)18-14/h1-4,11,17H,5-8H2. The molecular formula is C14H14FNO2. The normalized spacial score (nSPS) is 18.7. The monoisotopic (exact) mass is 247 g/mol. The number of aryl methyl sites for hydroxylation is 1. The maximum Gasteiger partial charge on any atom is 0.199 e. The zero-order chi connectivity index (χ0) is 12.5. The van der Waals surface area contributed by atoms with Crippen molar-refractivity contribution in [3.8, 4) is 0 Å². The van der Waals surface area contributed by atoms with Crippen LogP contribution >= 0.6 is 0 Å². The molecule has 1 heterocycles. The van der Waals surface area contributed by atoms with E-state index in [1.165, 1.54) is 12.1 Å². The van der Waals surface area contributed by atoms with Gasteiger partial charge in [0, 0.05) is 19.3 Å². The predicted molar refractivity (Wildman–Crippen MR) is 63.7 cm³/mol. The number of aliphatic hydroxyl groups is 1. The van der Waals surface area contributed by atoms with Crippen LogP contribution in [-0.4, -0.2) is 16.2 Å². The minimum Gasteiger partial charge on any atom is -0.445 e. The molecule has 4 heteroatoms. The quantitative estimate of drug-likeness (QED) is 0.885. The number of rotatable bonds is 2. The van der Waals surface area contributed by atoms with Crippen LogP contribution in [0, 0.1) is 5.82 Å². The van der Waals surface area contributed by atoms with Gasteiger partial charge in [0.2, 0.25) is 0 Å². The Morgan fingerprint density at radius 1 is 1.33 bits per heavy atom. The van der Waals surface area contributed by atoms with Crippen LogP contribution < -0.4 is 0 Å². The summed E-state index contributed by atoms with van der Waals surface area (Å²) in [5.41, 5.74) is 1.83. The highest BCUT2D eigenvalue weighted by Gasteiger charge is 2.22. The molecule has 0 fully saturated rings. The lowest BCUT2D eigenvalue weighted by molar-refractivity contribution is 0.153. The van der Waals surface area contributed by atoms with Gasteiger partial charge >= 0.3 is 0 Å². The lowest BCUT2D eigenvalue weighted by atomic mass is 9.99. The first-order valence-corrected chi connectivity index (χ1v) is 6.10. The molecule has 0 saturated carbocycles. The van der Waals surface area contributed by atoms with Crippen molar-refractivity contribution >= 4 is 0 Å². The second-order valence-electron chi connectivity index (χ2n) is 4.68. The molecular weight excluding hydrogens is 233 g/mol. The highest BCUT2D eigenvalue weighted by Crippen LogP contribution is 2.23. The smallest absolute Gasteiger partial charge is 0.199 e. The lowest BCUT2D eigenvalue weighted by Crippen LogP contribution is -2.17. The third-order valence-corrected chi connectivity index (χ3v) is 3.22. The molecule has 3 nitrogen and oxygen atoms in total. The van der Waals surface area contributed by atoms with E-state index in [9.17, 15) is 9.50 Å². The van der Waals surface area contributed by atoms with Crippen molar-refractivity contribution in [2.45, 2.75) is 31.8 Å². The summed E-state index contributed by atoms with van der Waals surface area (Å²) < 4.78 is 18.5. The van der Waals surface area contributed by atoms with E-state index in [0.29, 0.717) is 18.7 Å². The maximum absolute atomic E-state index is 12.8. The minimum atomic E-state index is -0.304. The van der Waals surface area contributed by atoms with Crippen molar-refractivity contribution in [3.05, 3.63) is 53.0 Å². The van der Waals surface area contributed by atoms with Crippen molar-refractivity contribution < 1.29 is 13.9 Å². The van der Waals surface area contributed by atoms with Gasteiger partial charge in [-0.1, -0.05) is 12.1 Å². The first kappa shape index (κ1) is 11.4. The molecule has 94 valence electrons. The van der Waals surface area contributed by atoms with E-state index >= 15 is 0 Å². The summed E-state index contributed by atoms with van der Waals surface area (Å²) in [4.78, 5) is 4.40. The second-order valence-corrected chi connectivity index (χ2v) is 4.68. The fourth-order valence-corrected chi connectivity index (χ4v) is 2.27. The number of oxazole rings is 1. The van der Waals surface area contributed by atoms with E-state index in [2.05, 4.69) is 4.98 Å². The first-order valence-electron chi connectivity index (χ1n) is 6.10. The van der Waals surface area contributed by atoms with E-state index < -0.39 is 0 Å². The zero-order valence-corrected chi connectivity index (χ0v) is 9.90. The Bertz CT molecular complexity index is 547. The molecule has 0 radical (unpaired) electrons. The molecule has 0 saturated heterocycles. The summed E-state index contributed by atoms with van der Waals surface area (Å²) in [6, 6.07) is 6.32. The van der Waals surface area contributed by atoms with Crippen molar-refractivity contribution in [1.82, 2.24) is 4.98 Å². The minimum absolute atomic E-state index is 0.242. The molecule has 0 bridgehead atoms. The summed E-state index contributed by atoms with van der Waals surface area (Å²) >= 11 is 0. The molecule has 1 aromatic heterocycles. The van der Waals surface area contributed by atoms with Gasteiger partial charge in [0.25, 0.3) is 0 Å². The van der Waals surface area contributed by atoms with Gasteiger partial charge in [-0.25, -0.2) is 9.37 Å². The van der Waals surface area contributed by atoms with Crippen molar-refractivity contribution in [3.63, 3.8) is 0 Å². The fraction of sp³-hybridized carbons (Fsp3) is 0.357. The number of hydrogen-bond donors (Lipinski definition) is 1. The Kier molecular flexibility index (Phi) is 2.88. The van der Waals surface area contributed by atoms with Gasteiger partial charge in [0.1, 0.15) is 11.6 Å². The number of hydrogen-bond acceptors (Lipinski definition) is 3. The van der Waals surface area contributed by atoms with Gasteiger partial charge in [-0.15, -0.1) is 0 Å². The summed E-state index contributed by atoms with van der Waals surface area (Å²) in [6.07, 6.45) is 2.30. The molecule has 18 heavy (non-hydrogen) atoms. The first-order chi connectivity index (χ1) is 8.70. The van der Waals surface area contributed by atoms with E-state index in [-0.39, 0.29) is 11.9 Å². The third kappa shape index (κ3) is 2.29. The number of halogens is 1. The van der Waals surface area contributed by atoms with E-state index in [1.54, 1.807) is 12.1 Å². The van der Waals surface area contributed by atoms with Crippen molar-refractivity contribution in [1.29, 1.82) is 0 Å². The summed E-state index contributed by atoms with van der Waals surface area (Å²) in [5.74, 6) is 1.28. The van der Waals surface area contributed by atoms with Crippen LogP contribution in [0.1, 0.15) is 29.3 Å². The van der Waals surface area contributed by atoms with Gasteiger partial charge < -0.3 is 9.52 Å². The maximum atomic E-state index is 12.8. The predicted octanol–water partition coefficient (Wildman–Crippen LogP) is 2.25. The largest absolute Gasteiger partial charge is 0.445 e. The molecule has 1 aliphatic rings. The van der Waals surface area contributed by atoms with Crippen LogP contribution in [0.4, 0.5) is 4.39 Å². The molecule has 0 aliphatic heterocycles. The van der Waals surface area contributed by atoms with Crippen molar-refractivity contribution in [2.75, 3.05) is 0 Å². The van der Waals surface area contributed by atoms with E-state index in [1.807, 2.05) is 0 Å². The van der Waals surface area contributed by atoms with Crippen LogP contribution in [0.3, 0.4) is 0 Å². The third-order valence-electron chi connectivity index (χ3n) is 3.22. The Balaban J connectivity index is 1.79. The molecule has 1 aromatic carbocycles. The molecule has 1 N–H and O–H groups in total. The Morgan fingerprint density at radius 3 is 2.89 bits per heavy atom. The molecule has 1 atom stereocenters. The Labute approximate surface area is 104 Å². The van der Waals surface area contributed by atoms with Gasteiger partial charge in [-0.3, -0.25) is 0 Å². The van der Waals surface area contributed by atoms with Crippen LogP contribution in [0.15, 0.2) is 28.7 Å². The van der Waals surface area contributed by atoms with E-state index in [4.69, 9.17) is 4.42 Å². The van der Waals surface area contributed by atoms with Gasteiger partial charge in [0.05, 0.1) is 11.8 Å². The lowest BCUT2D eigenvalue weighted by Gasteiger charge is -2.13. The summed E-state index contributed by atoms with van der Waals surface area (Å²) in [7, 11) is 0. The van der Waals surface area contributed by atoms with Crippen molar-refractivity contribution in [2.24, 2.45) is 0 Å². The molecule has 2 aromatic rings. The highest BCUT2D eigenvalue weighted by atomic mass is 19.1.